The number of aliphatic imine (C=N–C) groups is 4. The van der Waals surface area contributed by atoms with Gasteiger partial charge in [-0.1, -0.05) is 6.58 Å². The second-order valence-electron chi connectivity index (χ2n) is 3.77. The van der Waals surface area contributed by atoms with Crippen LogP contribution in [0.15, 0.2) is 45.1 Å². The fraction of sp³-hybridized carbons (Fsp3) is 0.0769. The quantitative estimate of drug-likeness (QED) is 0.665. The van der Waals surface area contributed by atoms with E-state index in [1.807, 2.05) is 0 Å². The van der Waals surface area contributed by atoms with E-state index in [1.54, 1.807) is 18.6 Å². The normalized spacial score (nSPS) is 18.7. The SMILES string of the molecule is C=CN=C1C2=NCC=NC2=c2nccnc2=C1N=C. The van der Waals surface area contributed by atoms with Gasteiger partial charge in [-0.25, -0.2) is 0 Å². The van der Waals surface area contributed by atoms with Crippen LogP contribution in [-0.2, 0) is 0 Å². The van der Waals surface area contributed by atoms with Gasteiger partial charge in [-0.3, -0.25) is 29.9 Å². The summed E-state index contributed by atoms with van der Waals surface area (Å²) in [7, 11) is 0. The molecule has 0 saturated carbocycles. The van der Waals surface area contributed by atoms with Crippen molar-refractivity contribution < 1.29 is 0 Å². The molecule has 19 heavy (non-hydrogen) atoms. The van der Waals surface area contributed by atoms with Crippen molar-refractivity contribution in [3.8, 4) is 0 Å². The highest BCUT2D eigenvalue weighted by Gasteiger charge is 2.26. The third-order valence-electron chi connectivity index (χ3n) is 2.75. The van der Waals surface area contributed by atoms with Crippen LogP contribution < -0.4 is 10.7 Å². The number of rotatable bonds is 2. The molecule has 0 fully saturated rings. The molecule has 0 N–H and O–H groups in total. The molecule has 0 radical (unpaired) electrons. The Kier molecular flexibility index (Phi) is 2.68. The van der Waals surface area contributed by atoms with E-state index < -0.39 is 0 Å². The van der Waals surface area contributed by atoms with Crippen LogP contribution in [0.4, 0.5) is 0 Å². The fourth-order valence-corrected chi connectivity index (χ4v) is 2.03. The van der Waals surface area contributed by atoms with Crippen LogP contribution >= 0.6 is 0 Å². The molecule has 6 heteroatoms. The van der Waals surface area contributed by atoms with E-state index in [1.165, 1.54) is 6.20 Å². The van der Waals surface area contributed by atoms with Crippen molar-refractivity contribution in [1.82, 2.24) is 9.97 Å². The van der Waals surface area contributed by atoms with Gasteiger partial charge in [0.25, 0.3) is 0 Å². The van der Waals surface area contributed by atoms with E-state index in [-0.39, 0.29) is 0 Å². The first-order valence-electron chi connectivity index (χ1n) is 5.66. The molecule has 92 valence electrons. The van der Waals surface area contributed by atoms with Crippen molar-refractivity contribution in [1.29, 1.82) is 0 Å². The molecule has 0 atom stereocenters. The van der Waals surface area contributed by atoms with Crippen LogP contribution in [0.2, 0.25) is 0 Å². The van der Waals surface area contributed by atoms with Crippen molar-refractivity contribution in [3.05, 3.63) is 35.9 Å². The Morgan fingerprint density at radius 3 is 2.74 bits per heavy atom. The minimum absolute atomic E-state index is 0.509. The largest absolute Gasteiger partial charge is 0.275 e. The topological polar surface area (TPSA) is 75.2 Å². The standard InChI is InChI=1S/C13H10N6/c1-3-15-9-8(14-2)10-12(18-5-4-16-10)13-11(9)17-6-7-19-13/h3-5,7H,1-2,6H2. The molecule has 0 spiro atoms. The summed E-state index contributed by atoms with van der Waals surface area (Å²) in [6.07, 6.45) is 6.39. The first-order chi connectivity index (χ1) is 9.36. The molecular formula is C13H10N6. The molecule has 0 aromatic carbocycles. The molecule has 2 aliphatic rings. The molecular weight excluding hydrogens is 240 g/mol. The minimum atomic E-state index is 0.509. The zero-order chi connectivity index (χ0) is 13.2. The van der Waals surface area contributed by atoms with Crippen LogP contribution in [0.5, 0.6) is 0 Å². The molecule has 0 amide bonds. The maximum atomic E-state index is 4.42. The van der Waals surface area contributed by atoms with E-state index in [0.717, 1.165) is 0 Å². The zero-order valence-electron chi connectivity index (χ0n) is 10.1. The number of aromatic nitrogens is 2. The lowest BCUT2D eigenvalue weighted by molar-refractivity contribution is 1.07. The highest BCUT2D eigenvalue weighted by atomic mass is 15.0. The van der Waals surface area contributed by atoms with Crippen molar-refractivity contribution in [2.45, 2.75) is 0 Å². The minimum Gasteiger partial charge on any atom is -0.275 e. The van der Waals surface area contributed by atoms with Gasteiger partial charge in [-0.05, 0) is 6.72 Å². The molecule has 1 aliphatic heterocycles. The maximum Gasteiger partial charge on any atom is 0.119 e. The average molecular weight is 250 g/mol. The van der Waals surface area contributed by atoms with Gasteiger partial charge in [-0.2, -0.15) is 0 Å². The summed E-state index contributed by atoms with van der Waals surface area (Å²) < 4.78 is 0. The predicted octanol–water partition coefficient (Wildman–Crippen LogP) is -0.483. The summed E-state index contributed by atoms with van der Waals surface area (Å²) in [6.45, 7) is 7.71. The number of fused-ring (bicyclic) bond motifs is 2. The summed E-state index contributed by atoms with van der Waals surface area (Å²) in [5, 5.41) is 1.27. The average Bonchev–Trinajstić information content (AvgIpc) is 2.48. The van der Waals surface area contributed by atoms with E-state index in [0.29, 0.717) is 40.1 Å². The highest BCUT2D eigenvalue weighted by Crippen LogP contribution is 2.14. The summed E-state index contributed by atoms with van der Waals surface area (Å²) in [4.78, 5) is 25.7. The van der Waals surface area contributed by atoms with Gasteiger partial charge in [0.05, 0.1) is 6.54 Å². The van der Waals surface area contributed by atoms with Gasteiger partial charge < -0.3 is 0 Å². The van der Waals surface area contributed by atoms with Gasteiger partial charge in [0.2, 0.25) is 0 Å². The molecule has 0 bridgehead atoms. The van der Waals surface area contributed by atoms with Crippen LogP contribution in [0.3, 0.4) is 0 Å². The van der Waals surface area contributed by atoms with Gasteiger partial charge in [0.15, 0.2) is 0 Å². The number of nitrogens with zero attached hydrogens (tertiary/aromatic N) is 6. The summed E-state index contributed by atoms with van der Waals surface area (Å²) in [5.74, 6) is 0. The van der Waals surface area contributed by atoms with Gasteiger partial charge in [0.1, 0.15) is 33.5 Å². The van der Waals surface area contributed by atoms with E-state index in [9.17, 15) is 0 Å². The Hall–Kier alpha value is -2.76. The first kappa shape index (κ1) is 11.3. The van der Waals surface area contributed by atoms with Crippen LogP contribution in [0, 0.1) is 0 Å². The Labute approximate surface area is 109 Å². The van der Waals surface area contributed by atoms with E-state index >= 15 is 0 Å². The summed E-state index contributed by atoms with van der Waals surface area (Å²) in [6, 6.07) is 0. The first-order valence-corrected chi connectivity index (χ1v) is 5.66. The fourth-order valence-electron chi connectivity index (χ4n) is 2.03. The number of hydrogen-bond donors (Lipinski definition) is 0. The number of hydrogen-bond acceptors (Lipinski definition) is 6. The molecule has 1 aromatic heterocycles. The van der Waals surface area contributed by atoms with Crippen molar-refractivity contribution in [2.75, 3.05) is 6.54 Å². The second kappa shape index (κ2) is 4.49. The monoisotopic (exact) mass is 250 g/mol. The van der Waals surface area contributed by atoms with Crippen molar-refractivity contribution >= 4 is 35.7 Å². The van der Waals surface area contributed by atoms with Gasteiger partial charge in [-0.15, -0.1) is 0 Å². The van der Waals surface area contributed by atoms with Gasteiger partial charge in [0, 0.05) is 24.8 Å². The lowest BCUT2D eigenvalue weighted by atomic mass is 10.0. The second-order valence-corrected chi connectivity index (χ2v) is 3.77. The summed E-state index contributed by atoms with van der Waals surface area (Å²) >= 11 is 0. The maximum absolute atomic E-state index is 4.42. The van der Waals surface area contributed by atoms with E-state index in [4.69, 9.17) is 0 Å². The van der Waals surface area contributed by atoms with Crippen LogP contribution in [0.1, 0.15) is 0 Å². The van der Waals surface area contributed by atoms with Crippen molar-refractivity contribution in [3.63, 3.8) is 0 Å². The van der Waals surface area contributed by atoms with E-state index in [2.05, 4.69) is 43.2 Å². The molecule has 1 aliphatic carbocycles. The van der Waals surface area contributed by atoms with Crippen LogP contribution in [0.25, 0.3) is 11.4 Å². The lowest BCUT2D eigenvalue weighted by Gasteiger charge is -2.16. The smallest absolute Gasteiger partial charge is 0.119 e. The molecule has 6 nitrogen and oxygen atoms in total. The lowest BCUT2D eigenvalue weighted by Crippen LogP contribution is -2.44. The molecule has 3 rings (SSSR count). The highest BCUT2D eigenvalue weighted by molar-refractivity contribution is 6.67. The zero-order valence-corrected chi connectivity index (χ0v) is 10.1. The van der Waals surface area contributed by atoms with Crippen molar-refractivity contribution in [2.24, 2.45) is 20.0 Å². The molecule has 0 unspecified atom stereocenters. The Morgan fingerprint density at radius 1 is 1.21 bits per heavy atom. The predicted molar refractivity (Wildman–Crippen MR) is 76.1 cm³/mol. The van der Waals surface area contributed by atoms with Crippen LogP contribution in [-0.4, -0.2) is 40.9 Å². The Morgan fingerprint density at radius 2 is 2.00 bits per heavy atom. The molecule has 1 aromatic rings. The summed E-state index contributed by atoms with van der Waals surface area (Å²) in [5.41, 5.74) is 2.48. The van der Waals surface area contributed by atoms with Gasteiger partial charge >= 0.3 is 0 Å². The molecule has 0 saturated heterocycles. The third kappa shape index (κ3) is 1.65. The molecule has 2 heterocycles. The Bertz CT molecular complexity index is 782. The third-order valence-corrected chi connectivity index (χ3v) is 2.75. The Balaban J connectivity index is 2.54.